The van der Waals surface area contributed by atoms with Crippen LogP contribution >= 0.6 is 0 Å². The van der Waals surface area contributed by atoms with E-state index in [0.29, 0.717) is 11.6 Å². The monoisotopic (exact) mass is 385 g/mol. The number of rotatable bonds is 5. The van der Waals surface area contributed by atoms with Crippen molar-refractivity contribution in [1.82, 2.24) is 4.57 Å². The molecule has 1 amide bonds. The number of carbonyl (C=O) groups excluding carboxylic acids is 1. The highest BCUT2D eigenvalue weighted by atomic mass is 19.1. The number of halogens is 2. The third-order valence-electron chi connectivity index (χ3n) is 3.92. The fourth-order valence-electron chi connectivity index (χ4n) is 2.58. The molecular weight excluding hydrogens is 372 g/mol. The highest BCUT2D eigenvalue weighted by molar-refractivity contribution is 6.04. The standard InChI is InChI=1S/C19H13F2N3O4/c20-13-6-7-17(16(21)10-13)22-18(25)15-5-2-8-23(19(15)26)11-12-3-1-4-14(9-12)24(27)28/h1-10H,11H2,(H,22,25). The van der Waals surface area contributed by atoms with Gasteiger partial charge in [0.1, 0.15) is 17.2 Å². The van der Waals surface area contributed by atoms with Gasteiger partial charge < -0.3 is 9.88 Å². The largest absolute Gasteiger partial charge is 0.319 e. The lowest BCUT2D eigenvalue weighted by atomic mass is 10.2. The molecular formula is C19H13F2N3O4. The molecule has 0 atom stereocenters. The van der Waals surface area contributed by atoms with Crippen molar-refractivity contribution in [3.05, 3.63) is 104 Å². The molecule has 142 valence electrons. The first-order chi connectivity index (χ1) is 13.3. The van der Waals surface area contributed by atoms with E-state index in [1.54, 1.807) is 6.07 Å². The third-order valence-corrected chi connectivity index (χ3v) is 3.92. The quantitative estimate of drug-likeness (QED) is 0.538. The van der Waals surface area contributed by atoms with Crippen LogP contribution in [0.15, 0.2) is 65.6 Å². The molecule has 0 saturated carbocycles. The fourth-order valence-corrected chi connectivity index (χ4v) is 2.58. The maximum absolute atomic E-state index is 13.7. The van der Waals surface area contributed by atoms with E-state index in [1.165, 1.54) is 41.1 Å². The molecule has 0 radical (unpaired) electrons. The van der Waals surface area contributed by atoms with Gasteiger partial charge in [0.25, 0.3) is 17.2 Å². The minimum absolute atomic E-state index is 0.00649. The van der Waals surface area contributed by atoms with Gasteiger partial charge in [0.15, 0.2) is 0 Å². The van der Waals surface area contributed by atoms with Gasteiger partial charge in [-0.05, 0) is 29.8 Å². The predicted molar refractivity (Wildman–Crippen MR) is 97.2 cm³/mol. The van der Waals surface area contributed by atoms with E-state index in [9.17, 15) is 28.5 Å². The summed E-state index contributed by atoms with van der Waals surface area (Å²) in [6, 6.07) is 11.1. The van der Waals surface area contributed by atoms with Crippen molar-refractivity contribution in [3.63, 3.8) is 0 Å². The summed E-state index contributed by atoms with van der Waals surface area (Å²) in [7, 11) is 0. The first-order valence-corrected chi connectivity index (χ1v) is 8.04. The van der Waals surface area contributed by atoms with E-state index in [1.807, 2.05) is 0 Å². The smallest absolute Gasteiger partial charge is 0.269 e. The Morgan fingerprint density at radius 1 is 1.11 bits per heavy atom. The second-order valence-corrected chi connectivity index (χ2v) is 5.86. The summed E-state index contributed by atoms with van der Waals surface area (Å²) < 4.78 is 27.9. The zero-order valence-corrected chi connectivity index (χ0v) is 14.3. The van der Waals surface area contributed by atoms with Crippen LogP contribution in [-0.4, -0.2) is 15.4 Å². The van der Waals surface area contributed by atoms with Crippen LogP contribution in [0.2, 0.25) is 0 Å². The molecule has 1 aromatic heterocycles. The molecule has 28 heavy (non-hydrogen) atoms. The second kappa shape index (κ2) is 7.78. The molecule has 0 aliphatic rings. The summed E-state index contributed by atoms with van der Waals surface area (Å²) in [6.07, 6.45) is 1.43. The predicted octanol–water partition coefficient (Wildman–Crippen LogP) is 3.34. The van der Waals surface area contributed by atoms with Crippen molar-refractivity contribution in [2.24, 2.45) is 0 Å². The van der Waals surface area contributed by atoms with Gasteiger partial charge in [0, 0.05) is 24.4 Å². The Labute approximate surface area is 157 Å². The highest BCUT2D eigenvalue weighted by Crippen LogP contribution is 2.16. The Kier molecular flexibility index (Phi) is 5.25. The summed E-state index contributed by atoms with van der Waals surface area (Å²) >= 11 is 0. The van der Waals surface area contributed by atoms with Crippen LogP contribution in [0.4, 0.5) is 20.2 Å². The van der Waals surface area contributed by atoms with Crippen molar-refractivity contribution in [1.29, 1.82) is 0 Å². The van der Waals surface area contributed by atoms with Crippen molar-refractivity contribution in [3.8, 4) is 0 Å². The molecule has 0 fully saturated rings. The molecule has 0 unspecified atom stereocenters. The number of hydrogen-bond donors (Lipinski definition) is 1. The number of nitrogens with one attached hydrogen (secondary N) is 1. The summed E-state index contributed by atoms with van der Waals surface area (Å²) in [5.41, 5.74) is -0.796. The van der Waals surface area contributed by atoms with Crippen LogP contribution in [0.5, 0.6) is 0 Å². The number of non-ortho nitro benzene ring substituents is 1. The van der Waals surface area contributed by atoms with Gasteiger partial charge >= 0.3 is 0 Å². The maximum Gasteiger partial charge on any atom is 0.269 e. The molecule has 9 heteroatoms. The Balaban J connectivity index is 1.86. The van der Waals surface area contributed by atoms with Gasteiger partial charge in [-0.1, -0.05) is 12.1 Å². The van der Waals surface area contributed by atoms with Crippen molar-refractivity contribution < 1.29 is 18.5 Å². The lowest BCUT2D eigenvalue weighted by Crippen LogP contribution is -2.29. The molecule has 1 heterocycles. The molecule has 0 aliphatic heterocycles. The van der Waals surface area contributed by atoms with E-state index < -0.39 is 28.0 Å². The zero-order valence-electron chi connectivity index (χ0n) is 14.3. The van der Waals surface area contributed by atoms with E-state index in [0.717, 1.165) is 12.1 Å². The minimum Gasteiger partial charge on any atom is -0.319 e. The van der Waals surface area contributed by atoms with E-state index >= 15 is 0 Å². The number of nitrogens with zero attached hydrogens (tertiary/aromatic N) is 2. The van der Waals surface area contributed by atoms with Crippen LogP contribution in [0.1, 0.15) is 15.9 Å². The molecule has 2 aromatic carbocycles. The van der Waals surface area contributed by atoms with E-state index in [-0.39, 0.29) is 23.5 Å². The van der Waals surface area contributed by atoms with Crippen molar-refractivity contribution >= 4 is 17.3 Å². The first kappa shape index (κ1) is 18.9. The number of benzene rings is 2. The van der Waals surface area contributed by atoms with Crippen LogP contribution in [0.3, 0.4) is 0 Å². The number of pyridine rings is 1. The lowest BCUT2D eigenvalue weighted by Gasteiger charge is -2.09. The molecule has 0 spiro atoms. The normalized spacial score (nSPS) is 10.5. The van der Waals surface area contributed by atoms with Gasteiger partial charge in [-0.15, -0.1) is 0 Å². The van der Waals surface area contributed by atoms with Crippen LogP contribution < -0.4 is 10.9 Å². The average Bonchev–Trinajstić information content (AvgIpc) is 2.66. The number of hydrogen-bond acceptors (Lipinski definition) is 4. The summed E-state index contributed by atoms with van der Waals surface area (Å²) in [6.45, 7) is 0.00649. The van der Waals surface area contributed by atoms with Gasteiger partial charge in [0.05, 0.1) is 17.2 Å². The lowest BCUT2D eigenvalue weighted by molar-refractivity contribution is -0.384. The maximum atomic E-state index is 13.7. The van der Waals surface area contributed by atoms with Crippen LogP contribution in [0, 0.1) is 21.7 Å². The second-order valence-electron chi connectivity index (χ2n) is 5.86. The minimum atomic E-state index is -0.971. The number of carbonyl (C=O) groups is 1. The zero-order chi connectivity index (χ0) is 20.3. The number of anilines is 1. The Morgan fingerprint density at radius 2 is 1.89 bits per heavy atom. The topological polar surface area (TPSA) is 94.2 Å². The average molecular weight is 385 g/mol. The number of nitro benzene ring substituents is 1. The van der Waals surface area contributed by atoms with Gasteiger partial charge in [-0.2, -0.15) is 0 Å². The molecule has 7 nitrogen and oxygen atoms in total. The molecule has 3 rings (SSSR count). The first-order valence-electron chi connectivity index (χ1n) is 8.04. The Hall–Kier alpha value is -3.88. The van der Waals surface area contributed by atoms with E-state index in [4.69, 9.17) is 0 Å². The number of amides is 1. The Bertz CT molecular complexity index is 1130. The fraction of sp³-hybridized carbons (Fsp3) is 0.0526. The van der Waals surface area contributed by atoms with Crippen LogP contribution in [0.25, 0.3) is 0 Å². The number of aromatic nitrogens is 1. The summed E-state index contributed by atoms with van der Waals surface area (Å²) in [5.74, 6) is -2.63. The van der Waals surface area contributed by atoms with E-state index in [2.05, 4.69) is 5.32 Å². The van der Waals surface area contributed by atoms with Gasteiger partial charge in [-0.3, -0.25) is 19.7 Å². The van der Waals surface area contributed by atoms with Gasteiger partial charge in [0.2, 0.25) is 0 Å². The molecule has 1 N–H and O–H groups in total. The van der Waals surface area contributed by atoms with Crippen LogP contribution in [-0.2, 0) is 6.54 Å². The Morgan fingerprint density at radius 3 is 2.61 bits per heavy atom. The van der Waals surface area contributed by atoms with Crippen molar-refractivity contribution in [2.45, 2.75) is 6.54 Å². The third kappa shape index (κ3) is 4.09. The van der Waals surface area contributed by atoms with Crippen molar-refractivity contribution in [2.75, 3.05) is 5.32 Å². The highest BCUT2D eigenvalue weighted by Gasteiger charge is 2.15. The number of nitro groups is 1. The summed E-state index contributed by atoms with van der Waals surface area (Å²) in [4.78, 5) is 35.2. The summed E-state index contributed by atoms with van der Waals surface area (Å²) in [5, 5.41) is 13.1. The molecule has 0 aliphatic carbocycles. The molecule has 0 saturated heterocycles. The van der Waals surface area contributed by atoms with Gasteiger partial charge in [-0.25, -0.2) is 8.78 Å². The molecule has 3 aromatic rings. The SMILES string of the molecule is O=C(Nc1ccc(F)cc1F)c1cccn(Cc2cccc([N+](=O)[O-])c2)c1=O. The molecule has 0 bridgehead atoms.